The van der Waals surface area contributed by atoms with Gasteiger partial charge >= 0.3 is 0 Å². The Labute approximate surface area is 133 Å². The minimum Gasteiger partial charge on any atom is -0.313 e. The first-order valence-electron chi connectivity index (χ1n) is 6.91. The molecule has 0 saturated carbocycles. The quantitative estimate of drug-likeness (QED) is 0.845. The summed E-state index contributed by atoms with van der Waals surface area (Å²) in [5, 5.41) is 5.17. The Morgan fingerprint density at radius 3 is 2.84 bits per heavy atom. The van der Waals surface area contributed by atoms with Gasteiger partial charge in [-0.3, -0.25) is 0 Å². The SMILES string of the molecule is CCNC(Cc1cccc(Br)c1)C1SCCSC1C. The Morgan fingerprint density at radius 1 is 1.37 bits per heavy atom. The first kappa shape index (κ1) is 15.7. The van der Waals surface area contributed by atoms with Crippen molar-refractivity contribution in [3.05, 3.63) is 34.3 Å². The van der Waals surface area contributed by atoms with Crippen LogP contribution in [0.3, 0.4) is 0 Å². The van der Waals surface area contributed by atoms with Gasteiger partial charge in [0.1, 0.15) is 0 Å². The van der Waals surface area contributed by atoms with E-state index < -0.39 is 0 Å². The molecule has 1 N–H and O–H groups in total. The van der Waals surface area contributed by atoms with E-state index in [-0.39, 0.29) is 0 Å². The van der Waals surface area contributed by atoms with Crippen molar-refractivity contribution >= 4 is 39.5 Å². The number of thioether (sulfide) groups is 2. The van der Waals surface area contributed by atoms with Gasteiger partial charge in [-0.25, -0.2) is 0 Å². The summed E-state index contributed by atoms with van der Waals surface area (Å²) in [7, 11) is 0. The van der Waals surface area contributed by atoms with Gasteiger partial charge in [0.25, 0.3) is 0 Å². The molecule has 2 rings (SSSR count). The van der Waals surface area contributed by atoms with Crippen LogP contribution >= 0.6 is 39.5 Å². The molecule has 1 heterocycles. The van der Waals surface area contributed by atoms with Gasteiger partial charge < -0.3 is 5.32 Å². The van der Waals surface area contributed by atoms with Crippen LogP contribution in [0, 0.1) is 0 Å². The number of halogens is 1. The molecule has 1 aromatic rings. The zero-order valence-electron chi connectivity index (χ0n) is 11.6. The minimum atomic E-state index is 0.576. The number of hydrogen-bond donors (Lipinski definition) is 1. The highest BCUT2D eigenvalue weighted by atomic mass is 79.9. The monoisotopic (exact) mass is 359 g/mol. The van der Waals surface area contributed by atoms with Gasteiger partial charge in [-0.15, -0.1) is 0 Å². The second kappa shape index (κ2) is 7.96. The van der Waals surface area contributed by atoms with Crippen molar-refractivity contribution in [2.45, 2.75) is 36.8 Å². The molecule has 0 bridgehead atoms. The van der Waals surface area contributed by atoms with E-state index in [1.54, 1.807) is 0 Å². The standard InChI is InChI=1S/C15H22BrNS2/c1-3-17-14(15-11(2)18-7-8-19-15)10-12-5-4-6-13(16)9-12/h4-6,9,11,14-15,17H,3,7-8,10H2,1-2H3. The molecule has 3 unspecified atom stereocenters. The van der Waals surface area contributed by atoms with Crippen molar-refractivity contribution in [1.29, 1.82) is 0 Å². The molecule has 0 aliphatic carbocycles. The van der Waals surface area contributed by atoms with Crippen LogP contribution in [0.5, 0.6) is 0 Å². The molecule has 1 fully saturated rings. The highest BCUT2D eigenvalue weighted by Crippen LogP contribution is 2.34. The van der Waals surface area contributed by atoms with E-state index in [0.717, 1.165) is 23.5 Å². The van der Waals surface area contributed by atoms with Gasteiger partial charge in [-0.1, -0.05) is 41.9 Å². The van der Waals surface area contributed by atoms with Crippen LogP contribution in [0.2, 0.25) is 0 Å². The van der Waals surface area contributed by atoms with Crippen molar-refractivity contribution < 1.29 is 0 Å². The summed E-state index contributed by atoms with van der Waals surface area (Å²) >= 11 is 7.84. The number of benzene rings is 1. The average Bonchev–Trinajstić information content (AvgIpc) is 2.39. The average molecular weight is 360 g/mol. The lowest BCUT2D eigenvalue weighted by molar-refractivity contribution is 0.501. The highest BCUT2D eigenvalue weighted by Gasteiger charge is 2.29. The van der Waals surface area contributed by atoms with Gasteiger partial charge in [0.05, 0.1) is 0 Å². The maximum atomic E-state index is 3.70. The second-order valence-electron chi connectivity index (χ2n) is 4.91. The topological polar surface area (TPSA) is 12.0 Å². The molecule has 3 atom stereocenters. The van der Waals surface area contributed by atoms with Crippen molar-refractivity contribution in [2.75, 3.05) is 18.1 Å². The van der Waals surface area contributed by atoms with E-state index >= 15 is 0 Å². The highest BCUT2D eigenvalue weighted by molar-refractivity contribution is 9.10. The van der Waals surface area contributed by atoms with Crippen LogP contribution in [-0.4, -0.2) is 34.6 Å². The van der Waals surface area contributed by atoms with E-state index in [9.17, 15) is 0 Å². The molecule has 1 aliphatic heterocycles. The molecule has 1 nitrogen and oxygen atoms in total. The van der Waals surface area contributed by atoms with Crippen LogP contribution in [0.15, 0.2) is 28.7 Å². The molecule has 0 spiro atoms. The maximum absolute atomic E-state index is 3.70. The number of rotatable bonds is 5. The summed E-state index contributed by atoms with van der Waals surface area (Å²) in [6.45, 7) is 5.64. The third-order valence-electron chi connectivity index (χ3n) is 3.44. The molecular weight excluding hydrogens is 338 g/mol. The summed E-state index contributed by atoms with van der Waals surface area (Å²) < 4.78 is 1.18. The zero-order valence-corrected chi connectivity index (χ0v) is 14.8. The lowest BCUT2D eigenvalue weighted by atomic mass is 10.0. The predicted octanol–water partition coefficient (Wildman–Crippen LogP) is 4.21. The normalized spacial score (nSPS) is 25.2. The fourth-order valence-electron chi connectivity index (χ4n) is 2.58. The summed E-state index contributed by atoms with van der Waals surface area (Å²) in [4.78, 5) is 0. The number of likely N-dealkylation sites (N-methyl/N-ethyl adjacent to an activating group) is 1. The third-order valence-corrected chi connectivity index (χ3v) is 7.19. The second-order valence-corrected chi connectivity index (χ2v) is 8.60. The molecule has 1 aromatic carbocycles. The van der Waals surface area contributed by atoms with Crippen molar-refractivity contribution in [3.8, 4) is 0 Å². The fraction of sp³-hybridized carbons (Fsp3) is 0.600. The first-order valence-corrected chi connectivity index (χ1v) is 9.80. The first-order chi connectivity index (χ1) is 9.20. The molecule has 0 radical (unpaired) electrons. The van der Waals surface area contributed by atoms with E-state index in [1.165, 1.54) is 21.5 Å². The number of hydrogen-bond acceptors (Lipinski definition) is 3. The van der Waals surface area contributed by atoms with Gasteiger partial charge in [0, 0.05) is 32.5 Å². The maximum Gasteiger partial charge on any atom is 0.0320 e. The van der Waals surface area contributed by atoms with Crippen LogP contribution in [-0.2, 0) is 6.42 Å². The Kier molecular flexibility index (Phi) is 6.60. The Morgan fingerprint density at radius 2 is 2.16 bits per heavy atom. The summed E-state index contributed by atoms with van der Waals surface area (Å²) in [6, 6.07) is 9.29. The Bertz CT molecular complexity index is 399. The zero-order chi connectivity index (χ0) is 13.7. The molecular formula is C15H22BrNS2. The van der Waals surface area contributed by atoms with Crippen LogP contribution in [0.4, 0.5) is 0 Å². The fourth-order valence-corrected chi connectivity index (χ4v) is 5.98. The molecule has 0 amide bonds. The van der Waals surface area contributed by atoms with Gasteiger partial charge in [-0.05, 0) is 30.7 Å². The summed E-state index contributed by atoms with van der Waals surface area (Å²) in [5.74, 6) is 2.60. The van der Waals surface area contributed by atoms with Crippen molar-refractivity contribution in [3.63, 3.8) is 0 Å². The van der Waals surface area contributed by atoms with Gasteiger partial charge in [0.15, 0.2) is 0 Å². The van der Waals surface area contributed by atoms with E-state index in [4.69, 9.17) is 0 Å². The molecule has 4 heteroatoms. The summed E-state index contributed by atoms with van der Waals surface area (Å²) in [5.41, 5.74) is 1.42. The lowest BCUT2D eigenvalue weighted by Crippen LogP contribution is -2.45. The van der Waals surface area contributed by atoms with Crippen LogP contribution < -0.4 is 5.32 Å². The van der Waals surface area contributed by atoms with Crippen LogP contribution in [0.1, 0.15) is 19.4 Å². The molecule has 1 saturated heterocycles. The largest absolute Gasteiger partial charge is 0.313 e. The smallest absolute Gasteiger partial charge is 0.0320 e. The molecule has 19 heavy (non-hydrogen) atoms. The third kappa shape index (κ3) is 4.69. The molecule has 1 aliphatic rings. The summed E-state index contributed by atoms with van der Waals surface area (Å²) in [6.07, 6.45) is 1.12. The van der Waals surface area contributed by atoms with Crippen LogP contribution in [0.25, 0.3) is 0 Å². The lowest BCUT2D eigenvalue weighted by Gasteiger charge is -2.35. The molecule has 106 valence electrons. The Hall–Kier alpha value is 0.360. The van der Waals surface area contributed by atoms with Crippen molar-refractivity contribution in [1.82, 2.24) is 5.32 Å². The van der Waals surface area contributed by atoms with E-state index in [2.05, 4.69) is 82.9 Å². The minimum absolute atomic E-state index is 0.576. The number of nitrogens with one attached hydrogen (secondary N) is 1. The van der Waals surface area contributed by atoms with Crippen molar-refractivity contribution in [2.24, 2.45) is 0 Å². The predicted molar refractivity (Wildman–Crippen MR) is 93.5 cm³/mol. The van der Waals surface area contributed by atoms with Gasteiger partial charge in [-0.2, -0.15) is 23.5 Å². The molecule has 0 aromatic heterocycles. The Balaban J connectivity index is 2.06. The van der Waals surface area contributed by atoms with E-state index in [0.29, 0.717) is 6.04 Å². The van der Waals surface area contributed by atoms with Gasteiger partial charge in [0.2, 0.25) is 0 Å². The van der Waals surface area contributed by atoms with E-state index in [1.807, 2.05) is 0 Å².